The molecule has 0 aliphatic heterocycles. The summed E-state index contributed by atoms with van der Waals surface area (Å²) in [4.78, 5) is 17.4. The first-order valence-corrected chi connectivity index (χ1v) is 16.0. The molecule has 210 valence electrons. The Morgan fingerprint density at radius 3 is 2.36 bits per heavy atom. The zero-order chi connectivity index (χ0) is 27.8. The van der Waals surface area contributed by atoms with Gasteiger partial charge in [-0.15, -0.1) is 23.2 Å². The first-order valence-electron chi connectivity index (χ1n) is 12.5. The lowest BCUT2D eigenvalue weighted by Crippen LogP contribution is -2.27. The topological polar surface area (TPSA) is 112 Å². The number of aromatic nitrogens is 1. The zero-order valence-corrected chi connectivity index (χ0v) is 24.2. The molecular formula is C26H29Cl2N3O6S2. The van der Waals surface area contributed by atoms with Crippen molar-refractivity contribution in [2.24, 2.45) is 0 Å². The Kier molecular flexibility index (Phi) is 10.3. The van der Waals surface area contributed by atoms with Gasteiger partial charge in [-0.25, -0.2) is 4.98 Å². The molecule has 1 fully saturated rings. The van der Waals surface area contributed by atoms with E-state index in [1.54, 1.807) is 30.5 Å². The van der Waals surface area contributed by atoms with Gasteiger partial charge in [0.2, 0.25) is 5.88 Å². The third-order valence-corrected chi connectivity index (χ3v) is 9.23. The fourth-order valence-electron chi connectivity index (χ4n) is 4.54. The number of thiophene rings is 1. The van der Waals surface area contributed by atoms with Crippen LogP contribution in [0, 0.1) is 10.1 Å². The molecule has 1 aliphatic rings. The third kappa shape index (κ3) is 7.75. The second-order valence-corrected chi connectivity index (χ2v) is 12.5. The van der Waals surface area contributed by atoms with E-state index in [9.17, 15) is 18.5 Å². The first kappa shape index (κ1) is 29.4. The average molecular weight is 615 g/mol. The molecule has 39 heavy (non-hydrogen) atoms. The van der Waals surface area contributed by atoms with Crippen molar-refractivity contribution in [3.8, 4) is 11.6 Å². The van der Waals surface area contributed by atoms with E-state index in [2.05, 4.69) is 4.98 Å². The average Bonchev–Trinajstić information content (AvgIpc) is 3.61. The van der Waals surface area contributed by atoms with E-state index >= 15 is 0 Å². The summed E-state index contributed by atoms with van der Waals surface area (Å²) in [5.41, 5.74) is 1.47. The predicted molar refractivity (Wildman–Crippen MR) is 154 cm³/mol. The molecule has 2 heterocycles. The maximum Gasteiger partial charge on any atom is 0.328 e. The fourth-order valence-corrected chi connectivity index (χ4v) is 7.20. The summed E-state index contributed by atoms with van der Waals surface area (Å²) in [6, 6.07) is 11.4. The zero-order valence-electron chi connectivity index (χ0n) is 21.1. The second kappa shape index (κ2) is 13.6. The lowest BCUT2D eigenvalue weighted by Gasteiger charge is -2.23. The van der Waals surface area contributed by atoms with Crippen molar-refractivity contribution in [1.29, 1.82) is 0 Å². The molecular weight excluding hydrogens is 585 g/mol. The highest BCUT2D eigenvalue weighted by Crippen LogP contribution is 2.38. The summed E-state index contributed by atoms with van der Waals surface area (Å²) in [6.45, 7) is 1.16. The molecule has 0 saturated heterocycles. The first-order chi connectivity index (χ1) is 18.8. The number of alkyl halides is 2. The summed E-state index contributed by atoms with van der Waals surface area (Å²) >= 11 is 12.6. The van der Waals surface area contributed by atoms with E-state index in [0.717, 1.165) is 42.7 Å². The normalized spacial score (nSPS) is 14.7. The fraction of sp³-hybridized carbons (Fsp3) is 0.423. The molecule has 1 aromatic carbocycles. The molecule has 0 bridgehead atoms. The predicted octanol–water partition coefficient (Wildman–Crippen LogP) is 6.35. The maximum absolute atomic E-state index is 13.6. The SMILES string of the molecule is O=[N+]([O-])c1sccc1C(Cc1ccc(OC2CCCC2)nc1)S(=O)(=O)Oc1ccc(N(CCCl)CCCl)cc1. The lowest BCUT2D eigenvalue weighted by molar-refractivity contribution is -0.380. The van der Waals surface area contributed by atoms with Crippen LogP contribution in [-0.4, -0.2) is 49.3 Å². The van der Waals surface area contributed by atoms with Gasteiger partial charge in [-0.1, -0.05) is 17.4 Å². The number of hydrogen-bond acceptors (Lipinski definition) is 9. The number of ether oxygens (including phenoxy) is 1. The van der Waals surface area contributed by atoms with Crippen LogP contribution in [0.2, 0.25) is 0 Å². The van der Waals surface area contributed by atoms with Crippen LogP contribution >= 0.6 is 34.5 Å². The summed E-state index contributed by atoms with van der Waals surface area (Å²) in [5.74, 6) is 1.39. The Morgan fingerprint density at radius 2 is 1.77 bits per heavy atom. The number of pyridine rings is 1. The largest absolute Gasteiger partial charge is 0.474 e. The van der Waals surface area contributed by atoms with Gasteiger partial charge in [-0.05, 0) is 73.4 Å². The van der Waals surface area contributed by atoms with Gasteiger partial charge in [-0.3, -0.25) is 10.1 Å². The minimum atomic E-state index is -4.35. The third-order valence-electron chi connectivity index (χ3n) is 6.47. The van der Waals surface area contributed by atoms with E-state index in [4.69, 9.17) is 32.1 Å². The number of rotatable bonds is 14. The Labute approximate surface area is 241 Å². The number of anilines is 1. The maximum atomic E-state index is 13.6. The van der Waals surface area contributed by atoms with Crippen molar-refractivity contribution in [1.82, 2.24) is 4.98 Å². The molecule has 1 saturated carbocycles. The molecule has 4 rings (SSSR count). The van der Waals surface area contributed by atoms with Crippen LogP contribution in [0.5, 0.6) is 11.6 Å². The number of benzene rings is 1. The Hall–Kier alpha value is -2.60. The van der Waals surface area contributed by atoms with Crippen LogP contribution in [0.15, 0.2) is 54.0 Å². The van der Waals surface area contributed by atoms with E-state index in [1.165, 1.54) is 23.6 Å². The van der Waals surface area contributed by atoms with Gasteiger partial charge in [0.05, 0.1) is 10.5 Å². The van der Waals surface area contributed by atoms with Crippen molar-refractivity contribution >= 4 is 55.3 Å². The standard InChI is InChI=1S/C26H29Cl2N3O6S2/c27-12-14-30(15-13-28)20-6-8-22(9-7-20)37-39(34,35)24(23-11-16-38-26(23)31(32)33)17-19-5-10-25(29-18-19)36-21-3-1-2-4-21/h5-11,16,18,21,24H,1-4,12-15,17H2. The second-order valence-electron chi connectivity index (χ2n) is 9.10. The van der Waals surface area contributed by atoms with Crippen LogP contribution in [-0.2, 0) is 16.5 Å². The Balaban J connectivity index is 1.56. The highest BCUT2D eigenvalue weighted by molar-refractivity contribution is 7.87. The summed E-state index contributed by atoms with van der Waals surface area (Å²) in [5, 5.41) is 11.6. The van der Waals surface area contributed by atoms with Gasteiger partial charge in [0.25, 0.3) is 0 Å². The van der Waals surface area contributed by atoms with Gasteiger partial charge in [0.1, 0.15) is 17.1 Å². The molecule has 0 radical (unpaired) electrons. The minimum Gasteiger partial charge on any atom is -0.474 e. The summed E-state index contributed by atoms with van der Waals surface area (Å²) in [7, 11) is -4.35. The molecule has 1 unspecified atom stereocenters. The monoisotopic (exact) mass is 613 g/mol. The van der Waals surface area contributed by atoms with Gasteiger partial charge in [0, 0.05) is 42.8 Å². The number of halogens is 2. The Morgan fingerprint density at radius 1 is 1.08 bits per heavy atom. The highest BCUT2D eigenvalue weighted by atomic mass is 35.5. The van der Waals surface area contributed by atoms with Gasteiger partial charge >= 0.3 is 15.1 Å². The van der Waals surface area contributed by atoms with Crippen molar-refractivity contribution in [3.63, 3.8) is 0 Å². The molecule has 2 aromatic heterocycles. The molecule has 0 N–H and O–H groups in total. The summed E-state index contributed by atoms with van der Waals surface area (Å²) < 4.78 is 38.5. The minimum absolute atomic E-state index is 0.0616. The van der Waals surface area contributed by atoms with Crippen LogP contribution in [0.1, 0.15) is 42.1 Å². The van der Waals surface area contributed by atoms with Crippen molar-refractivity contribution in [3.05, 3.63) is 75.3 Å². The van der Waals surface area contributed by atoms with Crippen molar-refractivity contribution in [2.45, 2.75) is 43.5 Å². The molecule has 1 aliphatic carbocycles. The molecule has 1 atom stereocenters. The van der Waals surface area contributed by atoms with Crippen LogP contribution < -0.4 is 13.8 Å². The van der Waals surface area contributed by atoms with Gasteiger partial charge in [0.15, 0.2) is 0 Å². The number of nitro groups is 1. The van der Waals surface area contributed by atoms with Crippen LogP contribution in [0.25, 0.3) is 0 Å². The molecule has 9 nitrogen and oxygen atoms in total. The molecule has 0 spiro atoms. The van der Waals surface area contributed by atoms with Crippen LogP contribution in [0.4, 0.5) is 10.7 Å². The highest BCUT2D eigenvalue weighted by Gasteiger charge is 2.36. The van der Waals surface area contributed by atoms with E-state index in [-0.39, 0.29) is 28.8 Å². The quantitative estimate of drug-likeness (QED) is 0.0894. The lowest BCUT2D eigenvalue weighted by atomic mass is 10.1. The number of hydrogen-bond donors (Lipinski definition) is 0. The van der Waals surface area contributed by atoms with E-state index in [0.29, 0.717) is 36.3 Å². The van der Waals surface area contributed by atoms with E-state index in [1.807, 2.05) is 4.90 Å². The molecule has 13 heteroatoms. The Bertz CT molecular complexity index is 1320. The van der Waals surface area contributed by atoms with Gasteiger partial charge < -0.3 is 13.8 Å². The smallest absolute Gasteiger partial charge is 0.328 e. The molecule has 0 amide bonds. The van der Waals surface area contributed by atoms with Crippen LogP contribution in [0.3, 0.4) is 0 Å². The number of nitrogens with zero attached hydrogens (tertiary/aromatic N) is 3. The summed E-state index contributed by atoms with van der Waals surface area (Å²) in [6.07, 6.45) is 5.85. The molecule has 3 aromatic rings. The van der Waals surface area contributed by atoms with E-state index < -0.39 is 20.3 Å². The van der Waals surface area contributed by atoms with Gasteiger partial charge in [-0.2, -0.15) is 8.42 Å². The van der Waals surface area contributed by atoms with Crippen molar-refractivity contribution in [2.75, 3.05) is 29.7 Å². The van der Waals surface area contributed by atoms with Crippen molar-refractivity contribution < 1.29 is 22.3 Å².